The van der Waals surface area contributed by atoms with Gasteiger partial charge in [-0.2, -0.15) is 0 Å². The number of nitrogens with one attached hydrogen (secondary N) is 2. The number of fused-ring (bicyclic) bond motifs is 2. The number of allylic oxidation sites excluding steroid dienone is 1. The van der Waals surface area contributed by atoms with Crippen LogP contribution < -0.4 is 10.0 Å². The van der Waals surface area contributed by atoms with Crippen molar-refractivity contribution in [3.63, 3.8) is 0 Å². The number of hydrogen-bond donors (Lipinski definition) is 3. The molecular weight excluding hydrogens is 627 g/mol. The van der Waals surface area contributed by atoms with Gasteiger partial charge in [0.05, 0.1) is 11.3 Å². The quantitative estimate of drug-likeness (QED) is 0.373. The number of carboxylic acid groups (broad SMARTS) is 1. The molecule has 3 N–H and O–H groups in total. The molecule has 3 saturated carbocycles. The zero-order chi connectivity index (χ0) is 30.5. The van der Waals surface area contributed by atoms with E-state index in [0.717, 1.165) is 6.07 Å². The van der Waals surface area contributed by atoms with E-state index in [1.54, 1.807) is 18.2 Å². The Morgan fingerprint density at radius 2 is 1.81 bits per heavy atom. The smallest absolute Gasteiger partial charge is 0.337 e. The number of halogens is 4. The van der Waals surface area contributed by atoms with E-state index in [-0.39, 0.29) is 63.2 Å². The fraction of sp³-hybridized carbons (Fsp3) is 0.448. The monoisotopic (exact) mass is 653 g/mol. The van der Waals surface area contributed by atoms with Crippen molar-refractivity contribution in [2.45, 2.75) is 67.1 Å². The number of hydrogen-bond acceptors (Lipinski definition) is 7. The minimum Gasteiger partial charge on any atom is -0.478 e. The van der Waals surface area contributed by atoms with Gasteiger partial charge in [-0.15, -0.1) is 5.06 Å². The fourth-order valence-corrected chi connectivity index (χ4v) is 8.72. The van der Waals surface area contributed by atoms with Crippen molar-refractivity contribution in [3.8, 4) is 0 Å². The molecule has 7 rings (SSSR count). The number of piperidine rings is 1. The summed E-state index contributed by atoms with van der Waals surface area (Å²) in [6.07, 6.45) is 1.94. The first kappa shape index (κ1) is 29.0. The highest BCUT2D eigenvalue weighted by Crippen LogP contribution is 2.58. The van der Waals surface area contributed by atoms with Crippen LogP contribution in [0.15, 0.2) is 47.7 Å². The maximum Gasteiger partial charge on any atom is 0.337 e. The third-order valence-corrected chi connectivity index (χ3v) is 11.7. The molecule has 228 valence electrons. The Balaban J connectivity index is 1.21. The molecule has 14 heteroatoms. The first-order valence-corrected chi connectivity index (χ1v) is 16.3. The molecule has 5 aliphatic rings. The lowest BCUT2D eigenvalue weighted by atomic mass is 9.87. The molecule has 9 nitrogen and oxygen atoms in total. The number of rotatable bonds is 8. The number of carbonyl (C=O) groups is 2. The van der Waals surface area contributed by atoms with Crippen molar-refractivity contribution in [3.05, 3.63) is 80.3 Å². The van der Waals surface area contributed by atoms with E-state index in [0.29, 0.717) is 25.8 Å². The maximum absolute atomic E-state index is 15.7. The zero-order valence-electron chi connectivity index (χ0n) is 22.6. The van der Waals surface area contributed by atoms with E-state index in [1.807, 2.05) is 4.72 Å². The van der Waals surface area contributed by atoms with Crippen LogP contribution in [0.1, 0.15) is 66.1 Å². The van der Waals surface area contributed by atoms with Crippen LogP contribution in [-0.4, -0.2) is 54.0 Å². The minimum absolute atomic E-state index is 0.125. The average molecular weight is 655 g/mol. The number of carbonyl (C=O) groups excluding carboxylic acids is 1. The lowest BCUT2D eigenvalue weighted by Crippen LogP contribution is -2.48. The van der Waals surface area contributed by atoms with Gasteiger partial charge in [-0.25, -0.2) is 26.7 Å². The van der Waals surface area contributed by atoms with Gasteiger partial charge in [-0.3, -0.25) is 4.79 Å². The minimum atomic E-state index is -3.80. The Bertz CT molecular complexity index is 1690. The van der Waals surface area contributed by atoms with Crippen molar-refractivity contribution >= 4 is 45.1 Å². The summed E-state index contributed by atoms with van der Waals surface area (Å²) in [6.45, 7) is 0.438. The summed E-state index contributed by atoms with van der Waals surface area (Å²) in [7, 11) is -3.80. The van der Waals surface area contributed by atoms with E-state index in [9.17, 15) is 23.1 Å². The first-order chi connectivity index (χ1) is 20.3. The summed E-state index contributed by atoms with van der Waals surface area (Å²) in [5.41, 5.74) is -2.62. The highest BCUT2D eigenvalue weighted by atomic mass is 35.5. The summed E-state index contributed by atoms with van der Waals surface area (Å²) in [4.78, 5) is 31.3. The SMILES string of the molecule is O=C(O)C1=C(C2(F)CC2)ON(C2CC3(c4ccc(C(=O)NS(=O)(=O)C5CC5)cc4F)CC2CN3)C1c1c(Cl)cccc1Cl. The predicted molar refractivity (Wildman–Crippen MR) is 152 cm³/mol. The molecule has 0 radical (unpaired) electrons. The molecule has 43 heavy (non-hydrogen) atoms. The second kappa shape index (κ2) is 9.87. The maximum atomic E-state index is 15.7. The number of sulfonamides is 1. The van der Waals surface area contributed by atoms with Gasteiger partial charge in [0.2, 0.25) is 10.0 Å². The average Bonchev–Trinajstić information content (AvgIpc) is 3.82. The van der Waals surface area contributed by atoms with Crippen molar-refractivity contribution in [2.24, 2.45) is 5.92 Å². The molecule has 3 aliphatic carbocycles. The summed E-state index contributed by atoms with van der Waals surface area (Å²) in [5.74, 6) is -3.33. The van der Waals surface area contributed by atoms with E-state index < -0.39 is 56.3 Å². The Labute approximate surface area is 256 Å². The van der Waals surface area contributed by atoms with E-state index >= 15 is 8.78 Å². The van der Waals surface area contributed by atoms with Gasteiger partial charge < -0.3 is 15.3 Å². The number of hydroxylamine groups is 2. The molecule has 0 spiro atoms. The predicted octanol–water partition coefficient (Wildman–Crippen LogP) is 4.76. The largest absolute Gasteiger partial charge is 0.478 e. The van der Waals surface area contributed by atoms with Gasteiger partial charge in [0, 0.05) is 38.8 Å². The van der Waals surface area contributed by atoms with Crippen LogP contribution in [0.5, 0.6) is 0 Å². The molecule has 2 aliphatic heterocycles. The second-order valence-electron chi connectivity index (χ2n) is 12.1. The normalized spacial score (nSPS) is 29.5. The highest BCUT2D eigenvalue weighted by molar-refractivity contribution is 7.91. The van der Waals surface area contributed by atoms with Gasteiger partial charge in [0.25, 0.3) is 5.91 Å². The zero-order valence-corrected chi connectivity index (χ0v) is 24.9. The van der Waals surface area contributed by atoms with Gasteiger partial charge in [-0.1, -0.05) is 35.3 Å². The van der Waals surface area contributed by atoms with Crippen molar-refractivity contribution in [1.82, 2.24) is 15.1 Å². The van der Waals surface area contributed by atoms with Crippen LogP contribution in [0.2, 0.25) is 10.0 Å². The summed E-state index contributed by atoms with van der Waals surface area (Å²) in [6, 6.07) is 7.07. The van der Waals surface area contributed by atoms with Gasteiger partial charge in [-0.05, 0) is 68.7 Å². The molecule has 1 saturated heterocycles. The molecule has 0 aromatic heterocycles. The molecule has 2 heterocycles. The fourth-order valence-electron chi connectivity index (χ4n) is 6.81. The molecule has 1 amide bonds. The van der Waals surface area contributed by atoms with Crippen molar-refractivity contribution in [2.75, 3.05) is 6.54 Å². The number of amides is 1. The molecule has 4 unspecified atom stereocenters. The van der Waals surface area contributed by atoms with Crippen LogP contribution in [0.3, 0.4) is 0 Å². The van der Waals surface area contributed by atoms with Crippen molar-refractivity contribution in [1.29, 1.82) is 0 Å². The number of benzene rings is 2. The van der Waals surface area contributed by atoms with Gasteiger partial charge in [0.15, 0.2) is 11.4 Å². The molecule has 2 aromatic carbocycles. The topological polar surface area (TPSA) is 125 Å². The molecule has 2 aromatic rings. The third kappa shape index (κ3) is 4.73. The molecular formula is C29H27Cl2F2N3O6S. The molecule has 4 fully saturated rings. The number of nitrogens with zero attached hydrogens (tertiary/aromatic N) is 1. The van der Waals surface area contributed by atoms with Crippen LogP contribution >= 0.6 is 23.2 Å². The summed E-state index contributed by atoms with van der Waals surface area (Å²) >= 11 is 13.1. The first-order valence-electron chi connectivity index (χ1n) is 14.0. The highest BCUT2D eigenvalue weighted by Gasteiger charge is 2.62. The lowest BCUT2D eigenvalue weighted by molar-refractivity contribution is -0.172. The Morgan fingerprint density at radius 3 is 2.42 bits per heavy atom. The lowest BCUT2D eigenvalue weighted by Gasteiger charge is -2.38. The number of carboxylic acids is 1. The number of alkyl halides is 1. The van der Waals surface area contributed by atoms with Crippen LogP contribution in [-0.2, 0) is 25.2 Å². The summed E-state index contributed by atoms with van der Waals surface area (Å²) in [5, 5.41) is 14.9. The van der Waals surface area contributed by atoms with Crippen LogP contribution in [0, 0.1) is 11.7 Å². The van der Waals surface area contributed by atoms with E-state index in [2.05, 4.69) is 5.32 Å². The van der Waals surface area contributed by atoms with Gasteiger partial charge in [0.1, 0.15) is 17.4 Å². The molecule has 4 atom stereocenters. The third-order valence-electron chi connectivity index (χ3n) is 9.26. The standard InChI is InChI=1S/C29H27Cl2F2N3O6S/c30-18-2-1-3-19(31)22(18)24-23(27(38)39)25(28(33)8-9-28)42-36(24)21-12-29(11-15(21)13-34-29)17-7-4-14(10-20(17)32)26(37)35-43(40,41)16-5-6-16/h1-4,7,10,15-16,21,24,34H,5-6,8-9,11-13H2,(H,35,37)(H,38,39). The number of aliphatic carboxylic acids is 1. The Kier molecular flexibility index (Phi) is 6.65. The van der Waals surface area contributed by atoms with E-state index in [4.69, 9.17) is 28.0 Å². The summed E-state index contributed by atoms with van der Waals surface area (Å²) < 4.78 is 57.6. The Morgan fingerprint density at radius 1 is 1.12 bits per heavy atom. The molecule has 2 bridgehead atoms. The van der Waals surface area contributed by atoms with E-state index in [1.165, 1.54) is 17.2 Å². The van der Waals surface area contributed by atoms with Crippen molar-refractivity contribution < 1.29 is 36.7 Å². The second-order valence-corrected chi connectivity index (χ2v) is 14.8. The van der Waals surface area contributed by atoms with Crippen LogP contribution in [0.4, 0.5) is 8.78 Å². The van der Waals surface area contributed by atoms with Gasteiger partial charge >= 0.3 is 5.97 Å². The Hall–Kier alpha value is -2.77. The van der Waals surface area contributed by atoms with Crippen LogP contribution in [0.25, 0.3) is 0 Å².